The van der Waals surface area contributed by atoms with Gasteiger partial charge < -0.3 is 14.2 Å². The van der Waals surface area contributed by atoms with E-state index in [0.717, 1.165) is 0 Å². The molecule has 288 valence electrons. The summed E-state index contributed by atoms with van der Waals surface area (Å²) in [6, 6.07) is 0. The van der Waals surface area contributed by atoms with Crippen LogP contribution >= 0.6 is 0 Å². The molecular weight excluding hydrogens is 616 g/mol. The Morgan fingerprint density at radius 1 is 0.408 bits per heavy atom. The van der Waals surface area contributed by atoms with Crippen LogP contribution in [0.25, 0.3) is 0 Å². The van der Waals surface area contributed by atoms with E-state index >= 15 is 0 Å². The Kier molecular flexibility index (Phi) is 14.5. The minimum Gasteiger partial charge on any atom is -0.465 e. The molecule has 0 N–H and O–H groups in total. The van der Waals surface area contributed by atoms with Crippen LogP contribution in [0.4, 0.5) is 0 Å². The van der Waals surface area contributed by atoms with Crippen molar-refractivity contribution in [3.05, 3.63) is 0 Å². The van der Waals surface area contributed by atoms with Crippen molar-refractivity contribution in [2.24, 2.45) is 43.3 Å². The van der Waals surface area contributed by atoms with E-state index < -0.39 is 43.7 Å². The van der Waals surface area contributed by atoms with E-state index in [1.165, 1.54) is 0 Å². The summed E-state index contributed by atoms with van der Waals surface area (Å²) in [5.74, 6) is -0.272. The highest BCUT2D eigenvalue weighted by Crippen LogP contribution is 2.54. The van der Waals surface area contributed by atoms with Crippen molar-refractivity contribution >= 4 is 23.5 Å². The zero-order valence-electron chi connectivity index (χ0n) is 36.1. The maximum Gasteiger partial charge on any atom is 0.312 e. The molecule has 0 aliphatic rings. The standard InChI is InChI=1S/C42H78O7/c1-29(43)39(15,16)33(3,4)27-35(7,8)41(19,20)31(45)47-25-23-37(11,12)48-26-24-38(13,14)49-32(46)42(21,22)36(9,10)28-34(5,6)40(17,18)30(2)44/h23-28H2,1-22H3. The summed E-state index contributed by atoms with van der Waals surface area (Å²) in [6.45, 7) is 43.9. The predicted octanol–water partition coefficient (Wildman–Crippen LogP) is 10.6. The third-order valence-corrected chi connectivity index (χ3v) is 13.8. The second kappa shape index (κ2) is 15.1. The number of carbonyl (C=O) groups excluding carboxylic acids is 4. The number of ether oxygens (including phenoxy) is 3. The Hall–Kier alpha value is -1.76. The molecule has 0 unspecified atom stereocenters. The smallest absolute Gasteiger partial charge is 0.312 e. The highest BCUT2D eigenvalue weighted by Gasteiger charge is 2.53. The van der Waals surface area contributed by atoms with Crippen molar-refractivity contribution in [2.75, 3.05) is 13.2 Å². The Labute approximate surface area is 302 Å². The number of hydrogen-bond acceptors (Lipinski definition) is 7. The van der Waals surface area contributed by atoms with Gasteiger partial charge in [0.15, 0.2) is 0 Å². The SMILES string of the molecule is CC(=O)C(C)(C)C(C)(C)CC(C)(C)C(C)(C)C(=O)OCCC(C)(C)OCCC(C)(C)OC(=O)C(C)(C)C(C)(C)CC(C)(C)C(C)(C)C(C)=O. The summed E-state index contributed by atoms with van der Waals surface area (Å²) >= 11 is 0. The molecule has 0 atom stereocenters. The van der Waals surface area contributed by atoms with Gasteiger partial charge in [-0.2, -0.15) is 0 Å². The molecule has 0 bridgehead atoms. The van der Waals surface area contributed by atoms with Crippen LogP contribution < -0.4 is 0 Å². The van der Waals surface area contributed by atoms with Crippen LogP contribution in [-0.4, -0.2) is 47.9 Å². The summed E-state index contributed by atoms with van der Waals surface area (Å²) in [4.78, 5) is 52.0. The molecule has 0 aromatic heterocycles. The fourth-order valence-corrected chi connectivity index (χ4v) is 6.24. The van der Waals surface area contributed by atoms with Crippen molar-refractivity contribution in [2.45, 2.75) is 189 Å². The molecule has 0 rings (SSSR count). The number of Topliss-reactive ketones (excluding diaryl/α,β-unsaturated/α-hetero) is 2. The van der Waals surface area contributed by atoms with Gasteiger partial charge in [0.2, 0.25) is 0 Å². The van der Waals surface area contributed by atoms with Gasteiger partial charge in [0, 0.05) is 23.7 Å². The molecule has 0 saturated heterocycles. The van der Waals surface area contributed by atoms with E-state index in [-0.39, 0.29) is 40.9 Å². The Morgan fingerprint density at radius 3 is 1.06 bits per heavy atom. The molecule has 7 heteroatoms. The average Bonchev–Trinajstić information content (AvgIpc) is 2.85. The van der Waals surface area contributed by atoms with Crippen LogP contribution in [0, 0.1) is 43.3 Å². The minimum absolute atomic E-state index is 0.134. The zero-order valence-corrected chi connectivity index (χ0v) is 36.1. The summed E-state index contributed by atoms with van der Waals surface area (Å²) in [7, 11) is 0. The predicted molar refractivity (Wildman–Crippen MR) is 201 cm³/mol. The molecule has 0 heterocycles. The summed E-state index contributed by atoms with van der Waals surface area (Å²) < 4.78 is 18.2. The normalized spacial score (nSPS) is 14.8. The molecule has 0 amide bonds. The van der Waals surface area contributed by atoms with Crippen LogP contribution in [0.3, 0.4) is 0 Å². The Balaban J connectivity index is 5.32. The quantitative estimate of drug-likeness (QED) is 0.117. The maximum atomic E-state index is 13.7. The monoisotopic (exact) mass is 695 g/mol. The second-order valence-electron chi connectivity index (χ2n) is 20.9. The summed E-state index contributed by atoms with van der Waals surface area (Å²) in [5, 5.41) is 0. The van der Waals surface area contributed by atoms with Gasteiger partial charge in [0.05, 0.1) is 29.6 Å². The number of rotatable bonds is 20. The lowest BCUT2D eigenvalue weighted by atomic mass is 9.54. The van der Waals surface area contributed by atoms with Crippen LogP contribution in [0.5, 0.6) is 0 Å². The van der Waals surface area contributed by atoms with Gasteiger partial charge in [-0.05, 0) is 104 Å². The van der Waals surface area contributed by atoms with Gasteiger partial charge in [-0.15, -0.1) is 0 Å². The summed E-state index contributed by atoms with van der Waals surface area (Å²) in [5.41, 5.74) is -5.52. The lowest BCUT2D eigenvalue weighted by Crippen LogP contribution is -2.49. The first-order chi connectivity index (χ1) is 21.3. The highest BCUT2D eigenvalue weighted by atomic mass is 16.6. The summed E-state index contributed by atoms with van der Waals surface area (Å²) in [6.07, 6.45) is 2.34. The van der Waals surface area contributed by atoms with Gasteiger partial charge >= 0.3 is 11.9 Å². The molecule has 0 aromatic carbocycles. The molecule has 0 spiro atoms. The molecule has 0 aliphatic heterocycles. The molecule has 7 nitrogen and oxygen atoms in total. The lowest BCUT2D eigenvalue weighted by molar-refractivity contribution is -0.179. The molecule has 0 aliphatic carbocycles. The molecule has 0 radical (unpaired) electrons. The minimum atomic E-state index is -0.805. The van der Waals surface area contributed by atoms with Crippen molar-refractivity contribution in [3.63, 3.8) is 0 Å². The third kappa shape index (κ3) is 11.1. The first-order valence-corrected chi connectivity index (χ1v) is 18.3. The van der Waals surface area contributed by atoms with Gasteiger partial charge in [-0.1, -0.05) is 83.1 Å². The van der Waals surface area contributed by atoms with Crippen LogP contribution in [0.2, 0.25) is 0 Å². The van der Waals surface area contributed by atoms with Crippen molar-refractivity contribution in [1.29, 1.82) is 0 Å². The van der Waals surface area contributed by atoms with E-state index in [4.69, 9.17) is 14.2 Å². The number of hydrogen-bond donors (Lipinski definition) is 0. The molecule has 0 saturated carbocycles. The van der Waals surface area contributed by atoms with E-state index in [0.29, 0.717) is 32.3 Å². The highest BCUT2D eigenvalue weighted by molar-refractivity contribution is 5.83. The van der Waals surface area contributed by atoms with Crippen molar-refractivity contribution in [1.82, 2.24) is 0 Å². The molecule has 0 aromatic rings. The first-order valence-electron chi connectivity index (χ1n) is 18.3. The van der Waals surface area contributed by atoms with Gasteiger partial charge in [0.1, 0.15) is 17.2 Å². The average molecular weight is 695 g/mol. The Bertz CT molecular complexity index is 1190. The zero-order chi connectivity index (χ0) is 39.7. The van der Waals surface area contributed by atoms with E-state index in [1.54, 1.807) is 13.8 Å². The van der Waals surface area contributed by atoms with Crippen molar-refractivity contribution in [3.8, 4) is 0 Å². The van der Waals surface area contributed by atoms with Gasteiger partial charge in [-0.25, -0.2) is 0 Å². The fraction of sp³-hybridized carbons (Fsp3) is 0.905. The third-order valence-electron chi connectivity index (χ3n) is 13.8. The second-order valence-corrected chi connectivity index (χ2v) is 20.9. The van der Waals surface area contributed by atoms with Crippen LogP contribution in [-0.2, 0) is 33.4 Å². The molecular formula is C42H78O7. The topological polar surface area (TPSA) is 96.0 Å². The number of ketones is 2. The molecule has 49 heavy (non-hydrogen) atoms. The van der Waals surface area contributed by atoms with Gasteiger partial charge in [-0.3, -0.25) is 19.2 Å². The Morgan fingerprint density at radius 2 is 0.714 bits per heavy atom. The maximum absolute atomic E-state index is 13.7. The number of carbonyl (C=O) groups is 4. The van der Waals surface area contributed by atoms with E-state index in [9.17, 15) is 19.2 Å². The largest absolute Gasteiger partial charge is 0.465 e. The van der Waals surface area contributed by atoms with E-state index in [2.05, 4.69) is 55.4 Å². The lowest BCUT2D eigenvalue weighted by Gasteiger charge is -2.49. The number of esters is 2. The van der Waals surface area contributed by atoms with Gasteiger partial charge in [0.25, 0.3) is 0 Å². The van der Waals surface area contributed by atoms with Crippen molar-refractivity contribution < 1.29 is 33.4 Å². The fourth-order valence-electron chi connectivity index (χ4n) is 6.24. The van der Waals surface area contributed by atoms with Crippen LogP contribution in [0.15, 0.2) is 0 Å². The molecule has 0 fully saturated rings. The van der Waals surface area contributed by atoms with Crippen LogP contribution in [0.1, 0.15) is 178 Å². The van der Waals surface area contributed by atoms with E-state index in [1.807, 2.05) is 83.1 Å². The first kappa shape index (κ1) is 47.2.